The number of phenolic OH excluding ortho intramolecular Hbond substituents is 2. The predicted octanol–water partition coefficient (Wildman–Crippen LogP) is 7.07. The van der Waals surface area contributed by atoms with Crippen LogP contribution in [0.15, 0.2) is 24.3 Å². The molecule has 0 spiro atoms. The molecule has 0 aromatic heterocycles. The lowest BCUT2D eigenvalue weighted by atomic mass is 9.42. The summed E-state index contributed by atoms with van der Waals surface area (Å²) in [5.74, 6) is -5.58. The van der Waals surface area contributed by atoms with Crippen LogP contribution in [0.3, 0.4) is 0 Å². The van der Waals surface area contributed by atoms with E-state index in [1.807, 2.05) is 0 Å². The summed E-state index contributed by atoms with van der Waals surface area (Å²) >= 11 is 0. The van der Waals surface area contributed by atoms with Gasteiger partial charge in [-0.15, -0.1) is 0 Å². The van der Waals surface area contributed by atoms with Crippen LogP contribution in [-0.4, -0.2) is 34.8 Å². The minimum atomic E-state index is -6.17. The maximum atomic E-state index is 13.9. The molecule has 0 amide bonds. The average Bonchev–Trinajstić information content (AvgIpc) is 2.83. The SMILES string of the molecule is Nc1cc(C2(c3cc(N)c(O)c(OC(F)(F)C(F)(F)F)c3)C3CC4CC(C3)CC2C4)cc(OC(F)(F)C(F)(F)F)c1O. The van der Waals surface area contributed by atoms with Crippen molar-refractivity contribution in [2.45, 2.75) is 62.1 Å². The zero-order valence-electron chi connectivity index (χ0n) is 21.3. The van der Waals surface area contributed by atoms with Gasteiger partial charge in [0.2, 0.25) is 0 Å². The largest absolute Gasteiger partial charge is 0.503 e. The van der Waals surface area contributed by atoms with Gasteiger partial charge in [-0.3, -0.25) is 0 Å². The number of phenols is 2. The van der Waals surface area contributed by atoms with Crippen LogP contribution in [0.2, 0.25) is 0 Å². The quantitative estimate of drug-likeness (QED) is 0.157. The van der Waals surface area contributed by atoms with Gasteiger partial charge in [-0.25, -0.2) is 0 Å². The number of halogens is 10. The molecule has 4 aliphatic carbocycles. The van der Waals surface area contributed by atoms with Gasteiger partial charge in [0.15, 0.2) is 23.0 Å². The van der Waals surface area contributed by atoms with Crippen LogP contribution in [0.4, 0.5) is 55.3 Å². The van der Waals surface area contributed by atoms with E-state index < -0.39 is 76.2 Å². The Balaban J connectivity index is 1.73. The van der Waals surface area contributed by atoms with Gasteiger partial charge in [0.1, 0.15) is 0 Å². The number of hydrogen-bond donors (Lipinski definition) is 4. The second-order valence-corrected chi connectivity index (χ2v) is 11.2. The van der Waals surface area contributed by atoms with Crippen molar-refractivity contribution in [2.75, 3.05) is 11.5 Å². The molecule has 4 bridgehead atoms. The van der Waals surface area contributed by atoms with Crippen molar-refractivity contribution in [1.82, 2.24) is 0 Å². The molecule has 0 unspecified atom stereocenters. The van der Waals surface area contributed by atoms with Gasteiger partial charge >= 0.3 is 24.6 Å². The second-order valence-electron chi connectivity index (χ2n) is 11.2. The predicted molar refractivity (Wildman–Crippen MR) is 126 cm³/mol. The molecule has 232 valence electrons. The number of alkyl halides is 10. The van der Waals surface area contributed by atoms with Gasteiger partial charge < -0.3 is 31.2 Å². The third-order valence-corrected chi connectivity index (χ3v) is 8.73. The topological polar surface area (TPSA) is 111 Å². The Morgan fingerprint density at radius 1 is 0.595 bits per heavy atom. The van der Waals surface area contributed by atoms with E-state index in [0.29, 0.717) is 25.7 Å². The fourth-order valence-corrected chi connectivity index (χ4v) is 7.32. The van der Waals surface area contributed by atoms with Crippen molar-refractivity contribution in [3.05, 3.63) is 35.4 Å². The van der Waals surface area contributed by atoms with Crippen molar-refractivity contribution in [3.63, 3.8) is 0 Å². The fourth-order valence-electron chi connectivity index (χ4n) is 7.32. The van der Waals surface area contributed by atoms with Crippen molar-refractivity contribution in [1.29, 1.82) is 0 Å². The van der Waals surface area contributed by atoms with Crippen LogP contribution in [0.25, 0.3) is 0 Å². The highest BCUT2D eigenvalue weighted by Gasteiger charge is 2.63. The molecule has 0 saturated heterocycles. The second kappa shape index (κ2) is 9.27. The smallest absolute Gasteiger partial charge is 0.499 e. The van der Waals surface area contributed by atoms with E-state index in [1.165, 1.54) is 0 Å². The standard InChI is InChI=1S/C26H24F10N2O4/c27-23(28,29)25(33,34)41-18-8-14(6-16(37)20(18)39)22(12-2-10-1-11(4-12)5-13(22)3-10)15-7-17(38)21(40)19(9-15)42-26(35,36)24(30,31)32/h6-13,39-40H,1-5,37-38H2. The Hall–Kier alpha value is -3.46. The summed E-state index contributed by atoms with van der Waals surface area (Å²) in [5, 5.41) is 20.5. The zero-order valence-corrected chi connectivity index (χ0v) is 21.3. The molecule has 4 saturated carbocycles. The summed E-state index contributed by atoms with van der Waals surface area (Å²) in [6.45, 7) is 0. The van der Waals surface area contributed by atoms with E-state index in [-0.39, 0.29) is 23.0 Å². The lowest BCUT2D eigenvalue weighted by molar-refractivity contribution is -0.360. The summed E-state index contributed by atoms with van der Waals surface area (Å²) in [4.78, 5) is 0. The average molecular weight is 618 g/mol. The highest BCUT2D eigenvalue weighted by molar-refractivity contribution is 5.67. The molecule has 2 aromatic rings. The Labute approximate surface area is 231 Å². The molecule has 2 aromatic carbocycles. The Morgan fingerprint density at radius 3 is 1.24 bits per heavy atom. The van der Waals surface area contributed by atoms with E-state index in [2.05, 4.69) is 9.47 Å². The van der Waals surface area contributed by atoms with Crippen molar-refractivity contribution < 1.29 is 63.6 Å². The van der Waals surface area contributed by atoms with Gasteiger partial charge in [-0.1, -0.05) is 0 Å². The summed E-state index contributed by atoms with van der Waals surface area (Å²) in [7, 11) is 0. The molecule has 6 rings (SSSR count). The van der Waals surface area contributed by atoms with E-state index in [1.54, 1.807) is 0 Å². The first-order valence-corrected chi connectivity index (χ1v) is 12.7. The highest BCUT2D eigenvalue weighted by Crippen LogP contribution is 2.66. The highest BCUT2D eigenvalue weighted by atomic mass is 19.4. The number of nitrogen functional groups attached to an aromatic ring is 2. The molecule has 4 aliphatic rings. The number of benzene rings is 2. The maximum absolute atomic E-state index is 13.9. The van der Waals surface area contributed by atoms with Gasteiger partial charge in [-0.2, -0.15) is 43.9 Å². The number of hydrogen-bond acceptors (Lipinski definition) is 6. The van der Waals surface area contributed by atoms with Gasteiger partial charge in [-0.05, 0) is 91.2 Å². The first-order valence-electron chi connectivity index (χ1n) is 12.7. The summed E-state index contributed by atoms with van der Waals surface area (Å²) in [6, 6.07) is 3.65. The van der Waals surface area contributed by atoms with Crippen LogP contribution in [0.1, 0.15) is 43.2 Å². The van der Waals surface area contributed by atoms with Gasteiger partial charge in [0.05, 0.1) is 11.4 Å². The van der Waals surface area contributed by atoms with Crippen LogP contribution in [-0.2, 0) is 5.41 Å². The van der Waals surface area contributed by atoms with Crippen LogP contribution in [0, 0.1) is 23.7 Å². The molecular formula is C26H24F10N2O4. The Kier molecular flexibility index (Phi) is 6.62. The third kappa shape index (κ3) is 4.57. The molecule has 6 N–H and O–H groups in total. The Bertz CT molecular complexity index is 1280. The van der Waals surface area contributed by atoms with Crippen molar-refractivity contribution >= 4 is 11.4 Å². The first kappa shape index (κ1) is 30.0. The molecule has 0 atom stereocenters. The van der Waals surface area contributed by atoms with Gasteiger partial charge in [0, 0.05) is 5.41 Å². The maximum Gasteiger partial charge on any atom is 0.499 e. The molecule has 0 aliphatic heterocycles. The van der Waals surface area contributed by atoms with Crippen molar-refractivity contribution in [3.8, 4) is 23.0 Å². The zero-order chi connectivity index (χ0) is 31.2. The molecule has 6 nitrogen and oxygen atoms in total. The van der Waals surface area contributed by atoms with E-state index in [4.69, 9.17) is 11.5 Å². The van der Waals surface area contributed by atoms with E-state index >= 15 is 0 Å². The monoisotopic (exact) mass is 618 g/mol. The van der Waals surface area contributed by atoms with Crippen molar-refractivity contribution in [2.24, 2.45) is 23.7 Å². The molecule has 42 heavy (non-hydrogen) atoms. The Morgan fingerprint density at radius 2 is 0.929 bits per heavy atom. The summed E-state index contributed by atoms with van der Waals surface area (Å²) in [6.07, 6.45) is -21.0. The molecule has 0 heterocycles. The number of aromatic hydroxyl groups is 2. The normalized spacial score (nSPS) is 25.5. The van der Waals surface area contributed by atoms with E-state index in [0.717, 1.165) is 30.7 Å². The number of anilines is 2. The summed E-state index contributed by atoms with van der Waals surface area (Å²) < 4.78 is 141. The summed E-state index contributed by atoms with van der Waals surface area (Å²) in [5.41, 5.74) is 8.78. The van der Waals surface area contributed by atoms with Crippen LogP contribution < -0.4 is 20.9 Å². The molecule has 16 heteroatoms. The minimum absolute atomic E-state index is 0.0572. The number of ether oxygens (including phenoxy) is 2. The molecule has 0 radical (unpaired) electrons. The van der Waals surface area contributed by atoms with Gasteiger partial charge in [0.25, 0.3) is 0 Å². The minimum Gasteiger partial charge on any atom is -0.503 e. The number of rotatable bonds is 6. The lowest BCUT2D eigenvalue weighted by Gasteiger charge is -2.62. The fraction of sp³-hybridized carbons (Fsp3) is 0.538. The molecule has 4 fully saturated rings. The van der Waals surface area contributed by atoms with E-state index in [9.17, 15) is 54.1 Å². The number of nitrogens with two attached hydrogens (primary N) is 2. The first-order chi connectivity index (χ1) is 19.2. The molecular weight excluding hydrogens is 594 g/mol. The van der Waals surface area contributed by atoms with Crippen LogP contribution in [0.5, 0.6) is 23.0 Å². The van der Waals surface area contributed by atoms with Crippen LogP contribution >= 0.6 is 0 Å². The third-order valence-electron chi connectivity index (χ3n) is 8.73. The lowest BCUT2D eigenvalue weighted by Crippen LogP contribution is -2.56.